The molecule has 0 saturated heterocycles. The normalized spacial score (nSPS) is 33.5. The Balaban J connectivity index is 1.65. The molecule has 2 aliphatic carbocycles. The third kappa shape index (κ3) is 3.67. The van der Waals surface area contributed by atoms with Crippen molar-refractivity contribution in [1.29, 1.82) is 0 Å². The van der Waals surface area contributed by atoms with E-state index in [1.807, 2.05) is 0 Å². The van der Waals surface area contributed by atoms with Gasteiger partial charge in [0, 0.05) is 19.6 Å². The Morgan fingerprint density at radius 2 is 2.18 bits per heavy atom. The molecular weight excluding hydrogens is 212 g/mol. The predicted molar refractivity (Wildman–Crippen MR) is 71.0 cm³/mol. The van der Waals surface area contributed by atoms with Gasteiger partial charge in [-0.1, -0.05) is 13.3 Å². The number of aliphatic hydroxyl groups excluding tert-OH is 1. The third-order valence-corrected chi connectivity index (χ3v) is 4.58. The van der Waals surface area contributed by atoms with E-state index in [0.717, 1.165) is 37.4 Å². The van der Waals surface area contributed by atoms with Crippen LogP contribution in [0.15, 0.2) is 0 Å². The average molecular weight is 240 g/mol. The Bertz CT molecular complexity index is 234. The summed E-state index contributed by atoms with van der Waals surface area (Å²) in [5, 5.41) is 13.0. The summed E-state index contributed by atoms with van der Waals surface area (Å²) in [6.07, 6.45) is 5.65. The van der Waals surface area contributed by atoms with Crippen molar-refractivity contribution in [2.45, 2.75) is 38.7 Å². The van der Waals surface area contributed by atoms with Gasteiger partial charge in [-0.3, -0.25) is 0 Å². The minimum absolute atomic E-state index is 0.224. The number of aliphatic hydroxyl groups is 1. The maximum absolute atomic E-state index is 9.85. The molecule has 0 aromatic rings. The molecule has 2 bridgehead atoms. The van der Waals surface area contributed by atoms with Crippen LogP contribution in [0.25, 0.3) is 0 Å². The molecule has 0 spiro atoms. The summed E-state index contributed by atoms with van der Waals surface area (Å²) in [6.45, 7) is 5.72. The van der Waals surface area contributed by atoms with E-state index in [2.05, 4.69) is 24.2 Å². The van der Waals surface area contributed by atoms with Gasteiger partial charge in [-0.2, -0.15) is 0 Å². The van der Waals surface area contributed by atoms with Crippen LogP contribution in [0.3, 0.4) is 0 Å². The zero-order valence-electron chi connectivity index (χ0n) is 11.4. The molecule has 0 heterocycles. The fraction of sp³-hybridized carbons (Fsp3) is 1.00. The second-order valence-corrected chi connectivity index (χ2v) is 6.12. The van der Waals surface area contributed by atoms with Gasteiger partial charge in [0.05, 0.1) is 6.10 Å². The Labute approximate surface area is 106 Å². The van der Waals surface area contributed by atoms with Gasteiger partial charge in [0.15, 0.2) is 0 Å². The summed E-state index contributed by atoms with van der Waals surface area (Å²) < 4.78 is 0. The first kappa shape index (κ1) is 13.3. The molecule has 2 aliphatic rings. The first-order chi connectivity index (χ1) is 8.19. The predicted octanol–water partition coefficient (Wildman–Crippen LogP) is 1.32. The van der Waals surface area contributed by atoms with Crippen molar-refractivity contribution >= 4 is 0 Å². The van der Waals surface area contributed by atoms with Gasteiger partial charge in [0.25, 0.3) is 0 Å². The van der Waals surface area contributed by atoms with Crippen LogP contribution in [0.4, 0.5) is 0 Å². The lowest BCUT2D eigenvalue weighted by molar-refractivity contribution is 0.109. The average Bonchev–Trinajstić information content (AvgIpc) is 2.87. The Morgan fingerprint density at radius 1 is 1.35 bits per heavy atom. The van der Waals surface area contributed by atoms with Gasteiger partial charge in [0.2, 0.25) is 0 Å². The lowest BCUT2D eigenvalue weighted by Crippen LogP contribution is -2.39. The van der Waals surface area contributed by atoms with Gasteiger partial charge < -0.3 is 15.3 Å². The Morgan fingerprint density at radius 3 is 2.76 bits per heavy atom. The molecule has 0 amide bonds. The number of hydrogen-bond acceptors (Lipinski definition) is 3. The maximum Gasteiger partial charge on any atom is 0.0791 e. The molecule has 0 radical (unpaired) electrons. The monoisotopic (exact) mass is 240 g/mol. The molecule has 0 aromatic carbocycles. The van der Waals surface area contributed by atoms with Crippen molar-refractivity contribution in [3.05, 3.63) is 0 Å². The van der Waals surface area contributed by atoms with Crippen LogP contribution < -0.4 is 5.32 Å². The van der Waals surface area contributed by atoms with Crippen molar-refractivity contribution < 1.29 is 5.11 Å². The number of nitrogens with zero attached hydrogens (tertiary/aromatic N) is 1. The largest absolute Gasteiger partial charge is 0.390 e. The van der Waals surface area contributed by atoms with E-state index in [-0.39, 0.29) is 6.10 Å². The van der Waals surface area contributed by atoms with Crippen molar-refractivity contribution in [1.82, 2.24) is 10.2 Å². The van der Waals surface area contributed by atoms with E-state index < -0.39 is 0 Å². The van der Waals surface area contributed by atoms with Crippen LogP contribution in [-0.4, -0.2) is 49.3 Å². The summed E-state index contributed by atoms with van der Waals surface area (Å²) in [4.78, 5) is 2.33. The van der Waals surface area contributed by atoms with Crippen LogP contribution in [-0.2, 0) is 0 Å². The third-order valence-electron chi connectivity index (χ3n) is 4.58. The molecule has 0 aliphatic heterocycles. The molecular formula is C14H28N2O. The second-order valence-electron chi connectivity index (χ2n) is 6.12. The van der Waals surface area contributed by atoms with Crippen LogP contribution in [0.2, 0.25) is 0 Å². The van der Waals surface area contributed by atoms with Crippen molar-refractivity contribution in [2.75, 3.05) is 33.2 Å². The van der Waals surface area contributed by atoms with E-state index in [9.17, 15) is 5.11 Å². The highest BCUT2D eigenvalue weighted by molar-refractivity contribution is 4.91. The highest BCUT2D eigenvalue weighted by Gasteiger charge is 2.39. The van der Waals surface area contributed by atoms with Crippen molar-refractivity contribution in [3.8, 4) is 0 Å². The van der Waals surface area contributed by atoms with Gasteiger partial charge in [-0.15, -0.1) is 0 Å². The summed E-state index contributed by atoms with van der Waals surface area (Å²) in [5.41, 5.74) is 0. The molecule has 3 nitrogen and oxygen atoms in total. The zero-order chi connectivity index (χ0) is 12.3. The summed E-state index contributed by atoms with van der Waals surface area (Å²) in [7, 11) is 2.15. The van der Waals surface area contributed by atoms with Crippen LogP contribution in [0.1, 0.15) is 32.6 Å². The van der Waals surface area contributed by atoms with Crippen molar-refractivity contribution in [3.63, 3.8) is 0 Å². The molecule has 2 rings (SSSR count). The first-order valence-corrected chi connectivity index (χ1v) is 7.26. The molecule has 17 heavy (non-hydrogen) atoms. The number of hydrogen-bond donors (Lipinski definition) is 2. The molecule has 2 fully saturated rings. The zero-order valence-corrected chi connectivity index (χ0v) is 11.4. The van der Waals surface area contributed by atoms with Crippen LogP contribution in [0.5, 0.6) is 0 Å². The lowest BCUT2D eigenvalue weighted by atomic mass is 9.88. The summed E-state index contributed by atoms with van der Waals surface area (Å²) in [6, 6.07) is 0. The van der Waals surface area contributed by atoms with E-state index in [0.29, 0.717) is 0 Å². The fourth-order valence-corrected chi connectivity index (χ4v) is 3.81. The fourth-order valence-electron chi connectivity index (χ4n) is 3.81. The molecule has 2 N–H and O–H groups in total. The number of fused-ring (bicyclic) bond motifs is 2. The van der Waals surface area contributed by atoms with Gasteiger partial charge >= 0.3 is 0 Å². The summed E-state index contributed by atoms with van der Waals surface area (Å²) in [5.74, 6) is 2.93. The van der Waals surface area contributed by atoms with E-state index in [1.165, 1.54) is 32.2 Å². The maximum atomic E-state index is 9.85. The minimum Gasteiger partial charge on any atom is -0.390 e. The highest BCUT2D eigenvalue weighted by atomic mass is 16.3. The SMILES string of the molecule is CCNCC(O)CN(C)CC1CC2CCC1C2. The highest BCUT2D eigenvalue weighted by Crippen LogP contribution is 2.48. The molecule has 100 valence electrons. The topological polar surface area (TPSA) is 35.5 Å². The lowest BCUT2D eigenvalue weighted by Gasteiger charge is -2.28. The van der Waals surface area contributed by atoms with E-state index in [1.54, 1.807) is 0 Å². The van der Waals surface area contributed by atoms with Crippen molar-refractivity contribution in [2.24, 2.45) is 17.8 Å². The summed E-state index contributed by atoms with van der Waals surface area (Å²) >= 11 is 0. The minimum atomic E-state index is -0.224. The molecule has 4 unspecified atom stereocenters. The van der Waals surface area contributed by atoms with Gasteiger partial charge in [-0.25, -0.2) is 0 Å². The number of likely N-dealkylation sites (N-methyl/N-ethyl adjacent to an activating group) is 2. The van der Waals surface area contributed by atoms with Gasteiger partial charge in [-0.05, 0) is 50.6 Å². The number of rotatable bonds is 7. The molecule has 0 aromatic heterocycles. The Kier molecular flexibility index (Phi) is 4.83. The smallest absolute Gasteiger partial charge is 0.0791 e. The first-order valence-electron chi connectivity index (χ1n) is 7.26. The molecule has 2 saturated carbocycles. The quantitative estimate of drug-likeness (QED) is 0.704. The number of nitrogens with one attached hydrogen (secondary N) is 1. The molecule has 4 atom stereocenters. The van der Waals surface area contributed by atoms with Crippen LogP contribution >= 0.6 is 0 Å². The Hall–Kier alpha value is -0.120. The van der Waals surface area contributed by atoms with E-state index >= 15 is 0 Å². The molecule has 3 heteroatoms. The standard InChI is InChI=1S/C14H28N2O/c1-3-15-8-14(17)10-16(2)9-13-7-11-4-5-12(13)6-11/h11-15,17H,3-10H2,1-2H3. The van der Waals surface area contributed by atoms with Gasteiger partial charge in [0.1, 0.15) is 0 Å². The second kappa shape index (κ2) is 6.17. The van der Waals surface area contributed by atoms with E-state index in [4.69, 9.17) is 0 Å². The van der Waals surface area contributed by atoms with Crippen LogP contribution in [0, 0.1) is 17.8 Å².